The molecular weight excluding hydrogens is 438 g/mol. The summed E-state index contributed by atoms with van der Waals surface area (Å²) >= 11 is 0. The number of imidazole rings is 1. The average Bonchev–Trinajstić information content (AvgIpc) is 3.09. The fraction of sp³-hybridized carbons (Fsp3) is 0.421. The van der Waals surface area contributed by atoms with E-state index in [1.54, 1.807) is 35.4 Å². The van der Waals surface area contributed by atoms with Crippen LogP contribution >= 0.6 is 0 Å². The Labute approximate surface area is 181 Å². The maximum Gasteiger partial charge on any atom is 0.239 e. The lowest BCUT2D eigenvalue weighted by Crippen LogP contribution is -2.42. The number of hydrogen-bond donors (Lipinski definition) is 1. The molecule has 0 aliphatic carbocycles. The topological polar surface area (TPSA) is 136 Å². The Balaban J connectivity index is 1.71. The highest BCUT2D eigenvalue weighted by molar-refractivity contribution is 7.92. The van der Waals surface area contributed by atoms with Crippen LogP contribution < -0.4 is 10.0 Å². The van der Waals surface area contributed by atoms with E-state index in [2.05, 4.69) is 26.2 Å². The van der Waals surface area contributed by atoms with E-state index < -0.39 is 19.8 Å². The van der Waals surface area contributed by atoms with E-state index in [0.29, 0.717) is 29.6 Å². The van der Waals surface area contributed by atoms with E-state index >= 15 is 0 Å². The van der Waals surface area contributed by atoms with Crippen LogP contribution in [0.1, 0.15) is 13.3 Å². The van der Waals surface area contributed by atoms with Gasteiger partial charge in [-0.3, -0.25) is 8.61 Å². The highest BCUT2D eigenvalue weighted by Crippen LogP contribution is 2.26. The molecule has 2 N–H and O–H groups in total. The highest BCUT2D eigenvalue weighted by Gasteiger charge is 2.26. The summed E-state index contributed by atoms with van der Waals surface area (Å²) in [6.07, 6.45) is 8.87. The molecule has 0 unspecified atom stereocenters. The van der Waals surface area contributed by atoms with E-state index in [1.165, 1.54) is 12.3 Å². The monoisotopic (exact) mass is 463 g/mol. The number of sulfonamides is 1. The standard InChI is InChI=1S/C19H25N7O3S2/c1-13-8-14(24-30(2,3)27)11-25(10-13)18-6-7-21-19(23-18)16-9-22-17-5-4-15(12-26(16)17)31(20,28)29/h4-7,9,12-14H,8,10-11H2,1-3H3,(H2,20,28,29)/t13-,14+/m0/s1. The second-order valence-electron chi connectivity index (χ2n) is 8.21. The largest absolute Gasteiger partial charge is 0.354 e. The summed E-state index contributed by atoms with van der Waals surface area (Å²) in [4.78, 5) is 15.5. The third kappa shape index (κ3) is 4.86. The van der Waals surface area contributed by atoms with Gasteiger partial charge >= 0.3 is 0 Å². The number of aromatic nitrogens is 4. The van der Waals surface area contributed by atoms with Crippen molar-refractivity contribution in [2.75, 3.05) is 30.5 Å². The molecule has 0 radical (unpaired) electrons. The minimum absolute atomic E-state index is 0.0209. The lowest BCUT2D eigenvalue weighted by Gasteiger charge is -2.35. The minimum atomic E-state index is -3.86. The number of primary sulfonamides is 1. The molecule has 3 aromatic rings. The van der Waals surface area contributed by atoms with Crippen molar-refractivity contribution < 1.29 is 12.6 Å². The maximum atomic E-state index is 12.2. The van der Waals surface area contributed by atoms with Gasteiger partial charge in [-0.15, -0.1) is 0 Å². The van der Waals surface area contributed by atoms with Crippen molar-refractivity contribution in [1.29, 1.82) is 0 Å². The number of rotatable bonds is 4. The predicted molar refractivity (Wildman–Crippen MR) is 120 cm³/mol. The van der Waals surface area contributed by atoms with Crippen molar-refractivity contribution in [3.05, 3.63) is 36.8 Å². The van der Waals surface area contributed by atoms with Gasteiger partial charge in [-0.05, 0) is 30.5 Å². The van der Waals surface area contributed by atoms with E-state index in [4.69, 9.17) is 10.1 Å². The number of hydrogen-bond acceptors (Lipinski definition) is 8. The first-order chi connectivity index (χ1) is 14.5. The Morgan fingerprint density at radius 2 is 1.90 bits per heavy atom. The van der Waals surface area contributed by atoms with E-state index in [1.807, 2.05) is 6.07 Å². The molecule has 0 saturated carbocycles. The number of fused-ring (bicyclic) bond motifs is 1. The molecule has 0 aromatic carbocycles. The van der Waals surface area contributed by atoms with Crippen molar-refractivity contribution in [2.45, 2.75) is 24.3 Å². The van der Waals surface area contributed by atoms with Crippen molar-refractivity contribution in [3.63, 3.8) is 0 Å². The number of pyridine rings is 1. The first-order valence-corrected chi connectivity index (χ1v) is 13.6. The van der Waals surface area contributed by atoms with Crippen molar-refractivity contribution in [2.24, 2.45) is 15.4 Å². The fourth-order valence-corrected chi connectivity index (χ4v) is 5.27. The quantitative estimate of drug-likeness (QED) is 0.617. The summed E-state index contributed by atoms with van der Waals surface area (Å²) in [6, 6.07) is 4.79. The van der Waals surface area contributed by atoms with Gasteiger partial charge in [-0.1, -0.05) is 6.92 Å². The molecule has 12 heteroatoms. The van der Waals surface area contributed by atoms with Crippen molar-refractivity contribution in [1.82, 2.24) is 19.4 Å². The Morgan fingerprint density at radius 1 is 1.13 bits per heavy atom. The Kier molecular flexibility index (Phi) is 5.48. The summed E-state index contributed by atoms with van der Waals surface area (Å²) in [5.41, 5.74) is 1.11. The zero-order valence-electron chi connectivity index (χ0n) is 17.5. The summed E-state index contributed by atoms with van der Waals surface area (Å²) < 4.78 is 41.8. The number of nitrogens with zero attached hydrogens (tertiary/aromatic N) is 6. The lowest BCUT2D eigenvalue weighted by molar-refractivity contribution is 0.402. The molecule has 2 atom stereocenters. The van der Waals surface area contributed by atoms with E-state index in [-0.39, 0.29) is 10.9 Å². The van der Waals surface area contributed by atoms with Gasteiger partial charge in [0, 0.05) is 47.7 Å². The van der Waals surface area contributed by atoms with Gasteiger partial charge in [0.2, 0.25) is 10.0 Å². The molecule has 1 saturated heterocycles. The highest BCUT2D eigenvalue weighted by atomic mass is 32.2. The summed E-state index contributed by atoms with van der Waals surface area (Å²) in [7, 11) is -6.05. The van der Waals surface area contributed by atoms with Gasteiger partial charge in [0.05, 0.1) is 17.1 Å². The van der Waals surface area contributed by atoms with Gasteiger partial charge in [0.25, 0.3) is 0 Å². The third-order valence-electron chi connectivity index (χ3n) is 5.04. The number of anilines is 1. The molecule has 4 heterocycles. The lowest BCUT2D eigenvalue weighted by atomic mass is 9.97. The maximum absolute atomic E-state index is 12.2. The van der Waals surface area contributed by atoms with Gasteiger partial charge < -0.3 is 4.90 Å². The second kappa shape index (κ2) is 7.84. The van der Waals surface area contributed by atoms with Gasteiger partial charge in [-0.2, -0.15) is 0 Å². The van der Waals surface area contributed by atoms with Crippen LogP contribution in [0.5, 0.6) is 0 Å². The minimum Gasteiger partial charge on any atom is -0.354 e. The smallest absolute Gasteiger partial charge is 0.239 e. The fourth-order valence-electron chi connectivity index (χ4n) is 3.88. The first-order valence-electron chi connectivity index (χ1n) is 9.74. The zero-order chi connectivity index (χ0) is 22.4. The van der Waals surface area contributed by atoms with Crippen LogP contribution in [-0.2, 0) is 19.8 Å². The second-order valence-corrected chi connectivity index (χ2v) is 12.3. The molecule has 1 aliphatic heterocycles. The molecule has 4 rings (SSSR count). The molecular formula is C19H25N7O3S2. The Bertz CT molecular complexity index is 1350. The molecule has 1 aliphatic rings. The third-order valence-corrected chi connectivity index (χ3v) is 6.75. The Hall–Kier alpha value is -2.57. The van der Waals surface area contributed by atoms with Gasteiger partial charge in [-0.25, -0.2) is 32.9 Å². The SMILES string of the molecule is C[C@H]1C[C@@H](N=S(C)(C)=O)CN(c2ccnc(-c3cnc4ccc(S(N)(=O)=O)cn34)n2)C1. The van der Waals surface area contributed by atoms with E-state index in [9.17, 15) is 12.6 Å². The molecule has 0 amide bonds. The molecule has 0 spiro atoms. The van der Waals surface area contributed by atoms with E-state index in [0.717, 1.165) is 18.8 Å². The van der Waals surface area contributed by atoms with Crippen molar-refractivity contribution >= 4 is 31.2 Å². The van der Waals surface area contributed by atoms with Gasteiger partial charge in [0.15, 0.2) is 5.82 Å². The van der Waals surface area contributed by atoms with Crippen LogP contribution in [0, 0.1) is 5.92 Å². The molecule has 1 fully saturated rings. The molecule has 166 valence electrons. The zero-order valence-corrected chi connectivity index (χ0v) is 19.2. The molecule has 10 nitrogen and oxygen atoms in total. The summed E-state index contributed by atoms with van der Waals surface area (Å²) in [5, 5.41) is 5.27. The Morgan fingerprint density at radius 3 is 2.61 bits per heavy atom. The normalized spacial score (nSPS) is 20.2. The van der Waals surface area contributed by atoms with Crippen LogP contribution in [0.2, 0.25) is 0 Å². The van der Waals surface area contributed by atoms with Crippen LogP contribution in [0.25, 0.3) is 17.2 Å². The number of nitrogens with two attached hydrogens (primary N) is 1. The summed E-state index contributed by atoms with van der Waals surface area (Å²) in [6.45, 7) is 3.57. The van der Waals surface area contributed by atoms with Crippen molar-refractivity contribution in [3.8, 4) is 11.5 Å². The van der Waals surface area contributed by atoms with Gasteiger partial charge in [0.1, 0.15) is 17.2 Å². The summed E-state index contributed by atoms with van der Waals surface area (Å²) in [5.74, 6) is 1.52. The van der Waals surface area contributed by atoms with Crippen LogP contribution in [-0.4, -0.2) is 63.6 Å². The predicted octanol–water partition coefficient (Wildman–Crippen LogP) is 1.38. The average molecular weight is 464 g/mol. The van der Waals surface area contributed by atoms with Crippen LogP contribution in [0.3, 0.4) is 0 Å². The van der Waals surface area contributed by atoms with Crippen LogP contribution in [0.15, 0.2) is 46.0 Å². The molecule has 31 heavy (non-hydrogen) atoms. The molecule has 0 bridgehead atoms. The van der Waals surface area contributed by atoms with Crippen LogP contribution in [0.4, 0.5) is 5.82 Å². The first kappa shape index (κ1) is 21.7. The number of piperidine rings is 1. The molecule has 3 aromatic heterocycles.